The molecule has 2 amide bonds. The number of carbonyl (C=O) groups excluding carboxylic acids is 2. The van der Waals surface area contributed by atoms with E-state index < -0.39 is 17.6 Å². The van der Waals surface area contributed by atoms with Crippen molar-refractivity contribution in [3.05, 3.63) is 53.8 Å². The van der Waals surface area contributed by atoms with Gasteiger partial charge in [-0.3, -0.25) is 9.59 Å². The normalized spacial score (nSPS) is 14.0. The summed E-state index contributed by atoms with van der Waals surface area (Å²) in [5.41, 5.74) is 0.491. The lowest BCUT2D eigenvalue weighted by Gasteiger charge is -2.17. The number of methoxy groups -OCH3 is 3. The number of carbonyl (C=O) groups is 2. The highest BCUT2D eigenvalue weighted by atomic mass is 16.5. The minimum Gasteiger partial charge on any atom is -0.502 e. The highest BCUT2D eigenvalue weighted by Crippen LogP contribution is 2.38. The van der Waals surface area contributed by atoms with Gasteiger partial charge in [-0.1, -0.05) is 18.2 Å². The molecular weight excluding hydrogens is 338 g/mol. The first kappa shape index (κ1) is 17.3. The highest BCUT2D eigenvalue weighted by molar-refractivity contribution is 6.45. The molecule has 0 saturated heterocycles. The van der Waals surface area contributed by atoms with Gasteiger partial charge >= 0.3 is 5.91 Å². The number of ether oxygens (including phenoxy) is 3. The molecule has 2 aromatic carbocycles. The average molecular weight is 355 g/mol. The van der Waals surface area contributed by atoms with Crippen molar-refractivity contribution in [3.63, 3.8) is 0 Å². The lowest BCUT2D eigenvalue weighted by molar-refractivity contribution is -0.121. The van der Waals surface area contributed by atoms with Crippen molar-refractivity contribution in [3.8, 4) is 17.2 Å². The van der Waals surface area contributed by atoms with E-state index in [1.165, 1.54) is 27.4 Å². The second-order valence-corrected chi connectivity index (χ2v) is 5.41. The lowest BCUT2D eigenvalue weighted by Crippen LogP contribution is -2.31. The van der Waals surface area contributed by atoms with Crippen LogP contribution in [0.15, 0.2) is 48.2 Å². The Balaban J connectivity index is 2.08. The third-order valence-electron chi connectivity index (χ3n) is 4.06. The van der Waals surface area contributed by atoms with Crippen LogP contribution in [-0.2, 0) is 9.59 Å². The fourth-order valence-corrected chi connectivity index (χ4v) is 2.80. The Morgan fingerprint density at radius 2 is 1.46 bits per heavy atom. The molecule has 0 atom stereocenters. The number of hydrogen-bond acceptors (Lipinski definition) is 6. The van der Waals surface area contributed by atoms with Gasteiger partial charge in [-0.15, -0.1) is 0 Å². The van der Waals surface area contributed by atoms with Gasteiger partial charge in [0.2, 0.25) is 0 Å². The van der Waals surface area contributed by atoms with E-state index in [1.807, 2.05) is 0 Å². The molecule has 0 radical (unpaired) electrons. The van der Waals surface area contributed by atoms with Gasteiger partial charge < -0.3 is 19.3 Å². The zero-order chi connectivity index (χ0) is 18.8. The van der Waals surface area contributed by atoms with E-state index >= 15 is 0 Å². The summed E-state index contributed by atoms with van der Waals surface area (Å²) >= 11 is 0. The number of rotatable bonds is 5. The summed E-state index contributed by atoms with van der Waals surface area (Å²) in [5, 5.41) is 10.3. The van der Waals surface area contributed by atoms with Crippen molar-refractivity contribution >= 4 is 23.1 Å². The Morgan fingerprint density at radius 1 is 0.808 bits per heavy atom. The molecule has 1 heterocycles. The van der Waals surface area contributed by atoms with Gasteiger partial charge in [0.25, 0.3) is 5.91 Å². The van der Waals surface area contributed by atoms with Gasteiger partial charge in [-0.25, -0.2) is 4.90 Å². The predicted molar refractivity (Wildman–Crippen MR) is 94.6 cm³/mol. The predicted octanol–water partition coefficient (Wildman–Crippen LogP) is 2.55. The van der Waals surface area contributed by atoms with Crippen molar-refractivity contribution in [2.75, 3.05) is 26.2 Å². The molecule has 0 aliphatic carbocycles. The Hall–Kier alpha value is -3.48. The molecule has 0 unspecified atom stereocenters. The highest BCUT2D eigenvalue weighted by Gasteiger charge is 2.41. The summed E-state index contributed by atoms with van der Waals surface area (Å²) in [4.78, 5) is 26.3. The van der Waals surface area contributed by atoms with E-state index in [4.69, 9.17) is 14.2 Å². The van der Waals surface area contributed by atoms with Crippen LogP contribution < -0.4 is 19.1 Å². The smallest absolute Gasteiger partial charge is 0.301 e. The lowest BCUT2D eigenvalue weighted by atomic mass is 10.0. The minimum absolute atomic E-state index is 0.109. The van der Waals surface area contributed by atoms with Crippen molar-refractivity contribution in [1.82, 2.24) is 0 Å². The Morgan fingerprint density at radius 3 is 2.12 bits per heavy atom. The van der Waals surface area contributed by atoms with Crippen LogP contribution in [0.25, 0.3) is 5.57 Å². The number of nitrogens with zero attached hydrogens (tertiary/aromatic N) is 1. The van der Waals surface area contributed by atoms with Gasteiger partial charge in [0.1, 0.15) is 5.75 Å². The number of amides is 2. The third kappa shape index (κ3) is 2.63. The molecule has 1 N–H and O–H groups in total. The van der Waals surface area contributed by atoms with Gasteiger partial charge in [0.15, 0.2) is 17.3 Å². The SMILES string of the molecule is COc1ccc(C2=C(O)C(=O)N(c3ccccc3OC)C2=O)cc1OC. The standard InChI is InChI=1S/C19H17NO6/c1-24-13-7-5-4-6-12(13)20-18(22)16(17(21)19(20)23)11-8-9-14(25-2)15(10-11)26-3/h4-10,21H,1-3H3. The zero-order valence-electron chi connectivity index (χ0n) is 14.5. The van der Waals surface area contributed by atoms with Crippen LogP contribution in [-0.4, -0.2) is 38.3 Å². The maximum absolute atomic E-state index is 12.9. The first-order valence-corrected chi connectivity index (χ1v) is 7.71. The number of imide groups is 1. The van der Waals surface area contributed by atoms with Crippen molar-refractivity contribution in [2.24, 2.45) is 0 Å². The molecule has 0 spiro atoms. The first-order chi connectivity index (χ1) is 12.5. The van der Waals surface area contributed by atoms with Gasteiger partial charge in [-0.2, -0.15) is 0 Å². The van der Waals surface area contributed by atoms with E-state index in [2.05, 4.69) is 0 Å². The molecule has 0 fully saturated rings. The number of aliphatic hydroxyl groups excluding tert-OH is 1. The van der Waals surface area contributed by atoms with E-state index in [1.54, 1.807) is 36.4 Å². The van der Waals surface area contributed by atoms with Crippen LogP contribution in [0.3, 0.4) is 0 Å². The van der Waals surface area contributed by atoms with E-state index in [0.717, 1.165) is 4.90 Å². The molecule has 2 aromatic rings. The summed E-state index contributed by atoms with van der Waals surface area (Å²) in [6, 6.07) is 11.3. The summed E-state index contributed by atoms with van der Waals surface area (Å²) < 4.78 is 15.6. The molecule has 0 saturated carbocycles. The van der Waals surface area contributed by atoms with E-state index in [-0.39, 0.29) is 11.3 Å². The minimum atomic E-state index is -0.815. The average Bonchev–Trinajstić information content (AvgIpc) is 2.89. The summed E-state index contributed by atoms with van der Waals surface area (Å²) in [5.74, 6) is -0.909. The van der Waals surface area contributed by atoms with Crippen molar-refractivity contribution < 1.29 is 28.9 Å². The first-order valence-electron chi connectivity index (χ1n) is 7.71. The van der Waals surface area contributed by atoms with Crippen LogP contribution in [0.4, 0.5) is 5.69 Å². The van der Waals surface area contributed by atoms with Crippen molar-refractivity contribution in [2.45, 2.75) is 0 Å². The molecule has 7 heteroatoms. The van der Waals surface area contributed by atoms with E-state index in [9.17, 15) is 14.7 Å². The monoisotopic (exact) mass is 355 g/mol. The van der Waals surface area contributed by atoms with Crippen LogP contribution in [0.2, 0.25) is 0 Å². The second-order valence-electron chi connectivity index (χ2n) is 5.41. The number of para-hydroxylation sites is 2. The molecule has 0 aromatic heterocycles. The Kier molecular flexibility index (Phi) is 4.53. The second kappa shape index (κ2) is 6.79. The molecule has 1 aliphatic heterocycles. The molecule has 0 bridgehead atoms. The topological polar surface area (TPSA) is 85.3 Å². The van der Waals surface area contributed by atoms with Gasteiger partial charge in [0.05, 0.1) is 32.6 Å². The van der Waals surface area contributed by atoms with Gasteiger partial charge in [0, 0.05) is 0 Å². The zero-order valence-corrected chi connectivity index (χ0v) is 14.5. The van der Waals surface area contributed by atoms with Gasteiger partial charge in [-0.05, 0) is 29.8 Å². The maximum Gasteiger partial charge on any atom is 0.301 e. The van der Waals surface area contributed by atoms with E-state index in [0.29, 0.717) is 22.8 Å². The summed E-state index contributed by atoms with van der Waals surface area (Å²) in [6.45, 7) is 0. The third-order valence-corrected chi connectivity index (χ3v) is 4.06. The maximum atomic E-state index is 12.9. The number of benzene rings is 2. The molecule has 3 rings (SSSR count). The fourth-order valence-electron chi connectivity index (χ4n) is 2.80. The molecular formula is C19H17NO6. The van der Waals surface area contributed by atoms with Crippen LogP contribution >= 0.6 is 0 Å². The number of anilines is 1. The van der Waals surface area contributed by atoms with Crippen molar-refractivity contribution in [1.29, 1.82) is 0 Å². The fraction of sp³-hybridized carbons (Fsp3) is 0.158. The molecule has 26 heavy (non-hydrogen) atoms. The molecule has 134 valence electrons. The number of hydrogen-bond donors (Lipinski definition) is 1. The quantitative estimate of drug-likeness (QED) is 0.830. The van der Waals surface area contributed by atoms with Crippen LogP contribution in [0.5, 0.6) is 17.2 Å². The number of aliphatic hydroxyl groups is 1. The summed E-state index contributed by atoms with van der Waals surface area (Å²) in [6.07, 6.45) is 0. The largest absolute Gasteiger partial charge is 0.502 e. The molecule has 7 nitrogen and oxygen atoms in total. The van der Waals surface area contributed by atoms with Crippen LogP contribution in [0.1, 0.15) is 5.56 Å². The molecule has 1 aliphatic rings. The Bertz CT molecular complexity index is 918. The summed E-state index contributed by atoms with van der Waals surface area (Å²) in [7, 11) is 4.38. The Labute approximate surface area is 150 Å². The van der Waals surface area contributed by atoms with Crippen LogP contribution in [0, 0.1) is 0 Å².